The Balaban J connectivity index is 1.55. The van der Waals surface area contributed by atoms with Gasteiger partial charge in [0.1, 0.15) is 11.5 Å². The first-order valence-corrected chi connectivity index (χ1v) is 9.36. The third kappa shape index (κ3) is 3.56. The number of benzene rings is 2. The predicted molar refractivity (Wildman–Crippen MR) is 98.6 cm³/mol. The van der Waals surface area contributed by atoms with E-state index in [1.54, 1.807) is 11.8 Å². The van der Waals surface area contributed by atoms with E-state index in [-0.39, 0.29) is 6.79 Å². The van der Waals surface area contributed by atoms with Gasteiger partial charge in [0.15, 0.2) is 11.9 Å². The predicted octanol–water partition coefficient (Wildman–Crippen LogP) is 4.77. The zero-order valence-corrected chi connectivity index (χ0v) is 15.2. The summed E-state index contributed by atoms with van der Waals surface area (Å²) in [5, 5.41) is 1.54. The Morgan fingerprint density at radius 3 is 3.12 bits per heavy atom. The lowest BCUT2D eigenvalue weighted by Gasteiger charge is -2.20. The van der Waals surface area contributed by atoms with Crippen molar-refractivity contribution < 1.29 is 14.2 Å². The number of H-pyrrole nitrogens is 1. The first kappa shape index (κ1) is 16.6. The zero-order chi connectivity index (χ0) is 17.2. The molecule has 0 radical (unpaired) electrons. The standard InChI is InChI=1S/C18H17ClN2O3S/c1-2-23-14-3-4-15-16(7-14)21-18(20-15)25-9-12-6-13(19)5-11-8-22-10-24-17(11)12/h3-7H,2,8-10H2,1H3,(H,20,21). The Hall–Kier alpha value is -1.89. The van der Waals surface area contributed by atoms with E-state index in [1.807, 2.05) is 37.3 Å². The van der Waals surface area contributed by atoms with Crippen LogP contribution in [0.25, 0.3) is 11.0 Å². The van der Waals surface area contributed by atoms with E-state index in [4.69, 9.17) is 25.8 Å². The highest BCUT2D eigenvalue weighted by atomic mass is 35.5. The number of halogens is 1. The molecule has 0 spiro atoms. The molecule has 0 atom stereocenters. The molecule has 0 fully saturated rings. The van der Waals surface area contributed by atoms with E-state index in [1.165, 1.54) is 0 Å². The molecule has 130 valence electrons. The Morgan fingerprint density at radius 1 is 1.32 bits per heavy atom. The molecule has 4 rings (SSSR count). The molecule has 5 nitrogen and oxygen atoms in total. The fourth-order valence-corrected chi connectivity index (χ4v) is 3.92. The molecule has 0 unspecified atom stereocenters. The number of aromatic amines is 1. The van der Waals surface area contributed by atoms with Crippen molar-refractivity contribution in [3.05, 3.63) is 46.5 Å². The van der Waals surface area contributed by atoms with Crippen LogP contribution in [0.3, 0.4) is 0 Å². The normalized spacial score (nSPS) is 13.5. The molecule has 3 aromatic rings. The molecule has 7 heteroatoms. The fraction of sp³-hybridized carbons (Fsp3) is 0.278. The van der Waals surface area contributed by atoms with Crippen molar-refractivity contribution in [2.45, 2.75) is 24.4 Å². The van der Waals surface area contributed by atoms with Gasteiger partial charge in [-0.05, 0) is 31.2 Å². The average Bonchev–Trinajstić information content (AvgIpc) is 3.02. The molecular formula is C18H17ClN2O3S. The van der Waals surface area contributed by atoms with Gasteiger partial charge in [-0.3, -0.25) is 0 Å². The van der Waals surface area contributed by atoms with Crippen LogP contribution in [-0.2, 0) is 17.1 Å². The molecule has 0 bridgehead atoms. The van der Waals surface area contributed by atoms with E-state index in [0.717, 1.165) is 38.8 Å². The SMILES string of the molecule is CCOc1ccc2nc(SCc3cc(Cl)cc4c3OCOC4)[nH]c2c1. The molecule has 1 N–H and O–H groups in total. The van der Waals surface area contributed by atoms with Gasteiger partial charge >= 0.3 is 0 Å². The van der Waals surface area contributed by atoms with Crippen LogP contribution in [0.4, 0.5) is 0 Å². The molecule has 0 saturated carbocycles. The van der Waals surface area contributed by atoms with Crippen molar-refractivity contribution >= 4 is 34.4 Å². The Bertz CT molecular complexity index is 913. The third-order valence-corrected chi connectivity index (χ3v) is 5.00. The number of nitrogens with zero attached hydrogens (tertiary/aromatic N) is 1. The second-order valence-electron chi connectivity index (χ2n) is 5.61. The number of hydrogen-bond donors (Lipinski definition) is 1. The monoisotopic (exact) mass is 376 g/mol. The van der Waals surface area contributed by atoms with E-state index in [9.17, 15) is 0 Å². The van der Waals surface area contributed by atoms with Crippen LogP contribution < -0.4 is 9.47 Å². The van der Waals surface area contributed by atoms with Gasteiger partial charge in [0.05, 0.1) is 24.2 Å². The largest absolute Gasteiger partial charge is 0.494 e. The summed E-state index contributed by atoms with van der Waals surface area (Å²) < 4.78 is 16.5. The van der Waals surface area contributed by atoms with Gasteiger partial charge in [-0.25, -0.2) is 4.98 Å². The molecule has 2 aromatic carbocycles. The minimum absolute atomic E-state index is 0.275. The number of rotatable bonds is 5. The van der Waals surface area contributed by atoms with Crippen molar-refractivity contribution in [3.63, 3.8) is 0 Å². The van der Waals surface area contributed by atoms with Gasteiger partial charge in [0.25, 0.3) is 0 Å². The Morgan fingerprint density at radius 2 is 2.24 bits per heavy atom. The van der Waals surface area contributed by atoms with Crippen molar-refractivity contribution in [3.8, 4) is 11.5 Å². The van der Waals surface area contributed by atoms with Crippen LogP contribution in [0.2, 0.25) is 5.02 Å². The zero-order valence-electron chi connectivity index (χ0n) is 13.7. The number of ether oxygens (including phenoxy) is 3. The summed E-state index contributed by atoms with van der Waals surface area (Å²) in [7, 11) is 0. The van der Waals surface area contributed by atoms with Crippen LogP contribution in [0.5, 0.6) is 11.5 Å². The second kappa shape index (κ2) is 7.15. The number of imidazole rings is 1. The molecule has 0 aliphatic carbocycles. The molecule has 0 amide bonds. The lowest BCUT2D eigenvalue weighted by Crippen LogP contribution is -2.12. The summed E-state index contributed by atoms with van der Waals surface area (Å²) in [6.45, 7) is 3.41. The van der Waals surface area contributed by atoms with Crippen LogP contribution in [0, 0.1) is 0 Å². The van der Waals surface area contributed by atoms with E-state index >= 15 is 0 Å². The third-order valence-electron chi connectivity index (χ3n) is 3.86. The molecule has 1 aliphatic heterocycles. The number of thioether (sulfide) groups is 1. The Kier molecular flexibility index (Phi) is 4.74. The maximum absolute atomic E-state index is 6.22. The number of fused-ring (bicyclic) bond motifs is 2. The molecule has 1 aromatic heterocycles. The van der Waals surface area contributed by atoms with Crippen molar-refractivity contribution in [2.24, 2.45) is 0 Å². The molecular weight excluding hydrogens is 360 g/mol. The number of hydrogen-bond acceptors (Lipinski definition) is 5. The smallest absolute Gasteiger partial charge is 0.189 e. The number of aromatic nitrogens is 2. The van der Waals surface area contributed by atoms with Gasteiger partial charge in [0.2, 0.25) is 0 Å². The van der Waals surface area contributed by atoms with Crippen molar-refractivity contribution in [2.75, 3.05) is 13.4 Å². The van der Waals surface area contributed by atoms with Crippen LogP contribution in [0.1, 0.15) is 18.1 Å². The minimum Gasteiger partial charge on any atom is -0.494 e. The summed E-state index contributed by atoms with van der Waals surface area (Å²) >= 11 is 7.83. The summed E-state index contributed by atoms with van der Waals surface area (Å²) in [6, 6.07) is 9.69. The summed E-state index contributed by atoms with van der Waals surface area (Å²) in [5.41, 5.74) is 3.92. The highest BCUT2D eigenvalue weighted by Gasteiger charge is 2.17. The average molecular weight is 377 g/mol. The maximum atomic E-state index is 6.22. The van der Waals surface area contributed by atoms with Crippen molar-refractivity contribution in [1.29, 1.82) is 0 Å². The summed E-state index contributed by atoms with van der Waals surface area (Å²) in [4.78, 5) is 7.95. The highest BCUT2D eigenvalue weighted by molar-refractivity contribution is 7.98. The number of nitrogens with one attached hydrogen (secondary N) is 1. The summed E-state index contributed by atoms with van der Waals surface area (Å²) in [6.07, 6.45) is 0. The topological polar surface area (TPSA) is 56.4 Å². The quantitative estimate of drug-likeness (QED) is 0.650. The Labute approximate surface area is 154 Å². The molecule has 1 aliphatic rings. The highest BCUT2D eigenvalue weighted by Crippen LogP contribution is 2.35. The van der Waals surface area contributed by atoms with Gasteiger partial charge < -0.3 is 19.2 Å². The van der Waals surface area contributed by atoms with E-state index < -0.39 is 0 Å². The van der Waals surface area contributed by atoms with Crippen molar-refractivity contribution in [1.82, 2.24) is 9.97 Å². The molecule has 2 heterocycles. The van der Waals surface area contributed by atoms with Gasteiger partial charge in [-0.15, -0.1) is 0 Å². The first-order valence-electron chi connectivity index (χ1n) is 8.00. The van der Waals surface area contributed by atoms with E-state index in [0.29, 0.717) is 24.0 Å². The maximum Gasteiger partial charge on any atom is 0.189 e. The van der Waals surface area contributed by atoms with Crippen LogP contribution in [0.15, 0.2) is 35.5 Å². The van der Waals surface area contributed by atoms with Gasteiger partial charge in [0, 0.05) is 28.0 Å². The lowest BCUT2D eigenvalue weighted by molar-refractivity contribution is -0.0168. The van der Waals surface area contributed by atoms with Gasteiger partial charge in [-0.2, -0.15) is 0 Å². The van der Waals surface area contributed by atoms with E-state index in [2.05, 4.69) is 9.97 Å². The van der Waals surface area contributed by atoms with Gasteiger partial charge in [-0.1, -0.05) is 23.4 Å². The lowest BCUT2D eigenvalue weighted by atomic mass is 10.1. The first-order chi connectivity index (χ1) is 12.2. The molecule has 0 saturated heterocycles. The minimum atomic E-state index is 0.275. The second-order valence-corrected chi connectivity index (χ2v) is 7.01. The molecule has 25 heavy (non-hydrogen) atoms. The van der Waals surface area contributed by atoms with Crippen LogP contribution >= 0.6 is 23.4 Å². The summed E-state index contributed by atoms with van der Waals surface area (Å²) in [5.74, 6) is 2.42. The van der Waals surface area contributed by atoms with Crippen LogP contribution in [-0.4, -0.2) is 23.4 Å². The fourth-order valence-electron chi connectivity index (χ4n) is 2.80.